The number of carbonyl (C=O) groups is 1. The van der Waals surface area contributed by atoms with E-state index in [1.807, 2.05) is 0 Å². The number of carbonyl (C=O) groups excluding carboxylic acids is 1. The third-order valence-electron chi connectivity index (χ3n) is 7.64. The summed E-state index contributed by atoms with van der Waals surface area (Å²) in [5.41, 5.74) is 2.35. The van der Waals surface area contributed by atoms with Gasteiger partial charge in [-0.3, -0.25) is 4.79 Å². The second-order valence-corrected chi connectivity index (χ2v) is 8.52. The van der Waals surface area contributed by atoms with Gasteiger partial charge >= 0.3 is 0 Å². The predicted octanol–water partition coefficient (Wildman–Crippen LogP) is 4.91. The molecule has 0 unspecified atom stereocenters. The number of rotatable bonds is 0. The van der Waals surface area contributed by atoms with Crippen LogP contribution in [-0.2, 0) is 4.79 Å². The summed E-state index contributed by atoms with van der Waals surface area (Å²) in [4.78, 5) is 12.8. The van der Waals surface area contributed by atoms with Crippen LogP contribution in [0, 0.1) is 28.6 Å². The summed E-state index contributed by atoms with van der Waals surface area (Å²) in [5, 5.41) is 0. The summed E-state index contributed by atoms with van der Waals surface area (Å²) in [6.45, 7) is 4.95. The molecule has 0 N–H and O–H groups in total. The van der Waals surface area contributed by atoms with Crippen molar-refractivity contribution in [3.63, 3.8) is 0 Å². The van der Waals surface area contributed by atoms with Gasteiger partial charge in [0.25, 0.3) is 0 Å². The molecular weight excluding hydrogens is 244 g/mol. The summed E-state index contributed by atoms with van der Waals surface area (Å²) in [6, 6.07) is 0. The monoisotopic (exact) mass is 272 g/mol. The highest BCUT2D eigenvalue weighted by atomic mass is 16.1. The molecule has 0 amide bonds. The zero-order chi connectivity index (χ0) is 14.0. The molecule has 0 radical (unpaired) electrons. The van der Waals surface area contributed by atoms with Crippen LogP contribution >= 0.6 is 0 Å². The van der Waals surface area contributed by atoms with Crippen LogP contribution in [0.15, 0.2) is 11.6 Å². The van der Waals surface area contributed by atoms with Crippen molar-refractivity contribution in [2.75, 3.05) is 0 Å². The van der Waals surface area contributed by atoms with Crippen LogP contribution < -0.4 is 0 Å². The van der Waals surface area contributed by atoms with Crippen LogP contribution in [0.3, 0.4) is 0 Å². The molecule has 0 bridgehead atoms. The molecular formula is C19H28O. The molecule has 3 fully saturated rings. The summed E-state index contributed by atoms with van der Waals surface area (Å²) < 4.78 is 0. The SMILES string of the molecule is C[C@]12CCC[C@@H]1[C@H]1C(=O)C=C3CCCC[C@@]3(C)[C@@H]1CC2. The van der Waals surface area contributed by atoms with Crippen LogP contribution in [0.2, 0.25) is 0 Å². The van der Waals surface area contributed by atoms with Crippen LogP contribution in [0.1, 0.15) is 71.6 Å². The van der Waals surface area contributed by atoms with E-state index in [0.29, 0.717) is 34.4 Å². The Hall–Kier alpha value is -0.590. The molecule has 20 heavy (non-hydrogen) atoms. The van der Waals surface area contributed by atoms with E-state index < -0.39 is 0 Å². The Kier molecular flexibility index (Phi) is 2.76. The van der Waals surface area contributed by atoms with Crippen molar-refractivity contribution in [3.05, 3.63) is 11.6 Å². The standard InChI is InChI=1S/C19H28O/c1-18-9-5-7-14(18)17-15(8-11-18)19(2)10-4-3-6-13(19)12-16(17)20/h12,14-15,17H,3-11H2,1-2H3/t14-,15-,17-,18-,19-/m1/s1. The smallest absolute Gasteiger partial charge is 0.159 e. The van der Waals surface area contributed by atoms with Gasteiger partial charge in [0.1, 0.15) is 0 Å². The van der Waals surface area contributed by atoms with Crippen molar-refractivity contribution < 1.29 is 4.79 Å². The van der Waals surface area contributed by atoms with Crippen molar-refractivity contribution in [3.8, 4) is 0 Å². The number of allylic oxidation sites excluding steroid dienone is 2. The average Bonchev–Trinajstić information content (AvgIpc) is 2.81. The van der Waals surface area contributed by atoms with Crippen molar-refractivity contribution in [1.82, 2.24) is 0 Å². The zero-order valence-corrected chi connectivity index (χ0v) is 13.1. The molecule has 5 atom stereocenters. The molecule has 4 aliphatic rings. The third-order valence-corrected chi connectivity index (χ3v) is 7.64. The maximum absolute atomic E-state index is 12.8. The van der Waals surface area contributed by atoms with Gasteiger partial charge in [-0.25, -0.2) is 0 Å². The Bertz CT molecular complexity index is 476. The topological polar surface area (TPSA) is 17.1 Å². The van der Waals surface area contributed by atoms with Crippen molar-refractivity contribution in [2.24, 2.45) is 28.6 Å². The van der Waals surface area contributed by atoms with Crippen LogP contribution in [0.25, 0.3) is 0 Å². The second-order valence-electron chi connectivity index (χ2n) is 8.52. The fourth-order valence-corrected chi connectivity index (χ4v) is 6.42. The third kappa shape index (κ3) is 1.58. The summed E-state index contributed by atoms with van der Waals surface area (Å²) in [5.74, 6) is 2.21. The largest absolute Gasteiger partial charge is 0.295 e. The highest BCUT2D eigenvalue weighted by molar-refractivity contribution is 5.94. The molecule has 1 heteroatoms. The second kappa shape index (κ2) is 4.21. The quantitative estimate of drug-likeness (QED) is 0.612. The van der Waals surface area contributed by atoms with Gasteiger partial charge in [0.05, 0.1) is 0 Å². The lowest BCUT2D eigenvalue weighted by Gasteiger charge is -2.55. The minimum absolute atomic E-state index is 0.362. The van der Waals surface area contributed by atoms with Gasteiger partial charge < -0.3 is 0 Å². The summed E-state index contributed by atoms with van der Waals surface area (Å²) in [7, 11) is 0. The normalized spacial score (nSPS) is 51.0. The average molecular weight is 272 g/mol. The zero-order valence-electron chi connectivity index (χ0n) is 13.1. The first-order chi connectivity index (χ1) is 9.55. The minimum Gasteiger partial charge on any atom is -0.295 e. The Morgan fingerprint density at radius 2 is 1.85 bits per heavy atom. The maximum atomic E-state index is 12.8. The maximum Gasteiger partial charge on any atom is 0.159 e. The molecule has 0 spiro atoms. The molecule has 0 aromatic rings. The molecule has 4 rings (SSSR count). The van der Waals surface area contributed by atoms with E-state index in [1.165, 1.54) is 63.4 Å². The van der Waals surface area contributed by atoms with Crippen molar-refractivity contribution in [2.45, 2.75) is 71.6 Å². The van der Waals surface area contributed by atoms with Crippen molar-refractivity contribution >= 4 is 5.78 Å². The van der Waals surface area contributed by atoms with E-state index in [9.17, 15) is 4.79 Å². The summed E-state index contributed by atoms with van der Waals surface area (Å²) >= 11 is 0. The first-order valence-electron chi connectivity index (χ1n) is 8.79. The first-order valence-corrected chi connectivity index (χ1v) is 8.79. The minimum atomic E-state index is 0.362. The molecule has 0 aromatic heterocycles. The fraction of sp³-hybridized carbons (Fsp3) is 0.842. The van der Waals surface area contributed by atoms with Gasteiger partial charge in [-0.05, 0) is 73.7 Å². The van der Waals surface area contributed by atoms with Gasteiger partial charge in [0, 0.05) is 5.92 Å². The van der Waals surface area contributed by atoms with E-state index >= 15 is 0 Å². The highest BCUT2D eigenvalue weighted by Gasteiger charge is 2.57. The fourth-order valence-electron chi connectivity index (χ4n) is 6.42. The molecule has 0 heterocycles. The van der Waals surface area contributed by atoms with Gasteiger partial charge in [0.2, 0.25) is 0 Å². The van der Waals surface area contributed by atoms with Gasteiger partial charge in [0.15, 0.2) is 5.78 Å². The number of hydrogen-bond acceptors (Lipinski definition) is 1. The molecule has 0 saturated heterocycles. The Morgan fingerprint density at radius 1 is 1.00 bits per heavy atom. The van der Waals surface area contributed by atoms with Crippen LogP contribution in [-0.4, -0.2) is 5.78 Å². The molecule has 0 aliphatic heterocycles. The van der Waals surface area contributed by atoms with Crippen LogP contribution in [0.5, 0.6) is 0 Å². The van der Waals surface area contributed by atoms with E-state index in [0.717, 1.165) is 0 Å². The van der Waals surface area contributed by atoms with Gasteiger partial charge in [-0.1, -0.05) is 32.3 Å². The van der Waals surface area contributed by atoms with Crippen LogP contribution in [0.4, 0.5) is 0 Å². The van der Waals surface area contributed by atoms with Gasteiger partial charge in [-0.15, -0.1) is 0 Å². The highest BCUT2D eigenvalue weighted by Crippen LogP contribution is 2.63. The molecule has 4 aliphatic carbocycles. The number of hydrogen-bond donors (Lipinski definition) is 0. The number of fused-ring (bicyclic) bond motifs is 5. The summed E-state index contributed by atoms with van der Waals surface area (Å²) in [6.07, 6.45) is 14.0. The van der Waals surface area contributed by atoms with E-state index in [1.54, 1.807) is 0 Å². The van der Waals surface area contributed by atoms with E-state index in [-0.39, 0.29) is 0 Å². The molecule has 0 aromatic carbocycles. The predicted molar refractivity (Wildman–Crippen MR) is 81.3 cm³/mol. The Balaban J connectivity index is 1.77. The molecule has 1 nitrogen and oxygen atoms in total. The lowest BCUT2D eigenvalue weighted by atomic mass is 9.48. The first kappa shape index (κ1) is 13.1. The van der Waals surface area contributed by atoms with Gasteiger partial charge in [-0.2, -0.15) is 0 Å². The molecule has 110 valence electrons. The van der Waals surface area contributed by atoms with E-state index in [4.69, 9.17) is 0 Å². The van der Waals surface area contributed by atoms with E-state index in [2.05, 4.69) is 19.9 Å². The lowest BCUT2D eigenvalue weighted by molar-refractivity contribution is -0.132. The van der Waals surface area contributed by atoms with Crippen molar-refractivity contribution in [1.29, 1.82) is 0 Å². The number of ketones is 1. The Labute approximate surface area is 123 Å². The molecule has 3 saturated carbocycles. The lowest BCUT2D eigenvalue weighted by Crippen LogP contribution is -2.51. The Morgan fingerprint density at radius 3 is 2.70 bits per heavy atom.